The second-order valence-electron chi connectivity index (χ2n) is 16.3. The third-order valence-corrected chi connectivity index (χ3v) is 10.3. The number of phosphoric acid groups is 1. The number of phosphoric ester groups is 1. The Kier molecular flexibility index (Phi) is 41.8. The molecule has 0 aromatic carbocycles. The molecule has 0 aliphatic carbocycles. The van der Waals surface area contributed by atoms with E-state index < -0.39 is 13.9 Å². The molecule has 0 rings (SSSR count). The number of ether oxygens (including phenoxy) is 2. The molecule has 61 heavy (non-hydrogen) atoms. The van der Waals surface area contributed by atoms with Crippen LogP contribution in [0.5, 0.6) is 0 Å². The molecule has 0 fully saturated rings. The lowest BCUT2D eigenvalue weighted by molar-refractivity contribution is -0.870. The van der Waals surface area contributed by atoms with Crippen molar-refractivity contribution in [2.45, 2.75) is 161 Å². The summed E-state index contributed by atoms with van der Waals surface area (Å²) in [6.07, 6.45) is 61.0. The van der Waals surface area contributed by atoms with Crippen molar-refractivity contribution in [3.8, 4) is 0 Å². The summed E-state index contributed by atoms with van der Waals surface area (Å²) in [4.78, 5) is 25.1. The Hall–Kier alpha value is -2.84. The van der Waals surface area contributed by atoms with Crippen molar-refractivity contribution in [1.82, 2.24) is 0 Å². The Morgan fingerprint density at radius 2 is 0.902 bits per heavy atom. The van der Waals surface area contributed by atoms with Crippen LogP contribution in [0.2, 0.25) is 0 Å². The maximum Gasteiger partial charge on any atom is 0.306 e. The average molecular weight is 870 g/mol. The summed E-state index contributed by atoms with van der Waals surface area (Å²) in [5.74, 6) is -0.365. The Balaban J connectivity index is 4.31. The molecule has 0 N–H and O–H groups in total. The maximum atomic E-state index is 12.7. The van der Waals surface area contributed by atoms with E-state index in [1.165, 1.54) is 12.8 Å². The molecule has 8 nitrogen and oxygen atoms in total. The fourth-order valence-corrected chi connectivity index (χ4v) is 6.47. The number of hydrogen-bond acceptors (Lipinski definition) is 7. The minimum atomic E-state index is -4.55. The molecular formula is C52H88NO7P. The molecule has 2 unspecified atom stereocenters. The molecule has 0 heterocycles. The fourth-order valence-electron chi connectivity index (χ4n) is 5.74. The van der Waals surface area contributed by atoms with E-state index in [1.807, 2.05) is 21.1 Å². The first-order valence-electron chi connectivity index (χ1n) is 23.6. The number of likely N-dealkylation sites (N-methyl/N-ethyl adjacent to an activating group) is 1. The summed E-state index contributed by atoms with van der Waals surface area (Å²) in [5, 5.41) is 0. The maximum absolute atomic E-state index is 12.7. The molecule has 348 valence electrons. The lowest BCUT2D eigenvalue weighted by Crippen LogP contribution is -2.37. The third-order valence-electron chi connectivity index (χ3n) is 9.32. The normalized spacial score (nSPS) is 14.7. The zero-order valence-corrected chi connectivity index (χ0v) is 40.2. The number of carbonyl (C=O) groups is 1. The smallest absolute Gasteiger partial charge is 0.306 e. The van der Waals surface area contributed by atoms with Crippen LogP contribution in [0.25, 0.3) is 0 Å². The van der Waals surface area contributed by atoms with Crippen molar-refractivity contribution >= 4 is 13.8 Å². The van der Waals surface area contributed by atoms with Crippen LogP contribution in [0.1, 0.15) is 155 Å². The summed E-state index contributed by atoms with van der Waals surface area (Å²) in [5.41, 5.74) is 0. The highest BCUT2D eigenvalue weighted by atomic mass is 31.2. The fraction of sp³-hybridized carbons (Fsp3) is 0.635. The van der Waals surface area contributed by atoms with Gasteiger partial charge < -0.3 is 27.9 Å². The summed E-state index contributed by atoms with van der Waals surface area (Å²) in [6, 6.07) is 0. The van der Waals surface area contributed by atoms with E-state index in [4.69, 9.17) is 18.5 Å². The Labute approximate surface area is 374 Å². The predicted molar refractivity (Wildman–Crippen MR) is 258 cm³/mol. The molecule has 0 spiro atoms. The Morgan fingerprint density at radius 1 is 0.508 bits per heavy atom. The lowest BCUT2D eigenvalue weighted by Gasteiger charge is -2.28. The highest BCUT2D eigenvalue weighted by Gasteiger charge is 2.20. The molecule has 0 amide bonds. The SMILES string of the molecule is CC/C=C\C/C=C\C/C=C\C/C=C\C/C=C\CCCCCCCC(=O)OC(COCCCCCCC/C=C\C/C=C\C/C=C\C/C=C\CC)COP(=O)([O-])OCC[N+](C)(C)C. The molecular weight excluding hydrogens is 782 g/mol. The van der Waals surface area contributed by atoms with Gasteiger partial charge in [0.2, 0.25) is 0 Å². The van der Waals surface area contributed by atoms with Crippen LogP contribution in [-0.2, 0) is 27.9 Å². The van der Waals surface area contributed by atoms with Crippen LogP contribution in [0.15, 0.2) is 109 Å². The number of esters is 1. The number of rotatable bonds is 42. The largest absolute Gasteiger partial charge is 0.756 e. The first-order valence-corrected chi connectivity index (χ1v) is 25.1. The second kappa shape index (κ2) is 43.8. The van der Waals surface area contributed by atoms with E-state index in [0.29, 0.717) is 17.6 Å². The molecule has 0 radical (unpaired) electrons. The Bertz CT molecular complexity index is 1340. The molecule has 0 saturated heterocycles. The molecule has 0 saturated carbocycles. The summed E-state index contributed by atoms with van der Waals surface area (Å²) in [7, 11) is 1.31. The molecule has 0 aromatic rings. The van der Waals surface area contributed by atoms with E-state index in [-0.39, 0.29) is 32.2 Å². The van der Waals surface area contributed by atoms with Gasteiger partial charge in [-0.25, -0.2) is 0 Å². The number of quaternary nitrogens is 1. The monoisotopic (exact) mass is 870 g/mol. The van der Waals surface area contributed by atoms with E-state index in [0.717, 1.165) is 122 Å². The van der Waals surface area contributed by atoms with Gasteiger partial charge in [0.15, 0.2) is 0 Å². The van der Waals surface area contributed by atoms with Crippen molar-refractivity contribution in [3.63, 3.8) is 0 Å². The van der Waals surface area contributed by atoms with Gasteiger partial charge in [-0.2, -0.15) is 0 Å². The molecule has 0 aromatic heterocycles. The zero-order chi connectivity index (χ0) is 44.8. The number of nitrogens with zero attached hydrogens (tertiary/aromatic N) is 1. The van der Waals surface area contributed by atoms with Crippen LogP contribution in [0.3, 0.4) is 0 Å². The van der Waals surface area contributed by atoms with E-state index in [1.54, 1.807) is 0 Å². The standard InChI is InChI=1S/C52H88NO7P/c1-6-8-10-12-14-16-18-20-22-24-26-27-28-29-31-33-35-37-39-41-43-45-52(54)60-51(50-59-61(55,56)58-48-46-53(3,4)5)49-57-47-44-42-40-38-36-34-32-30-25-23-21-19-17-15-13-11-9-7-2/h8-11,14-17,20-23,26-27,29-32,51H,6-7,12-13,18-19,24-25,28,33-50H2,1-5H3/b10-8-,11-9-,16-14-,17-15-,22-20-,23-21-,27-26-,31-29-,32-30-. The number of allylic oxidation sites excluding steroid dienone is 18. The van der Waals surface area contributed by atoms with Crippen molar-refractivity contribution in [2.75, 3.05) is 54.1 Å². The van der Waals surface area contributed by atoms with Gasteiger partial charge in [-0.05, 0) is 96.3 Å². The summed E-state index contributed by atoms with van der Waals surface area (Å²) >= 11 is 0. The minimum Gasteiger partial charge on any atom is -0.756 e. The van der Waals surface area contributed by atoms with Crippen LogP contribution < -0.4 is 4.89 Å². The van der Waals surface area contributed by atoms with Gasteiger partial charge in [0.25, 0.3) is 7.82 Å². The van der Waals surface area contributed by atoms with Crippen molar-refractivity contribution in [3.05, 3.63) is 109 Å². The van der Waals surface area contributed by atoms with Crippen molar-refractivity contribution < 1.29 is 37.3 Å². The quantitative estimate of drug-likeness (QED) is 0.0198. The molecule has 2 atom stereocenters. The van der Waals surface area contributed by atoms with Gasteiger partial charge in [-0.15, -0.1) is 0 Å². The van der Waals surface area contributed by atoms with Crippen LogP contribution in [-0.4, -0.2) is 70.7 Å². The molecule has 0 aliphatic heterocycles. The highest BCUT2D eigenvalue weighted by molar-refractivity contribution is 7.45. The van der Waals surface area contributed by atoms with Crippen molar-refractivity contribution in [1.29, 1.82) is 0 Å². The van der Waals surface area contributed by atoms with E-state index >= 15 is 0 Å². The molecule has 0 bridgehead atoms. The van der Waals surface area contributed by atoms with E-state index in [2.05, 4.69) is 123 Å². The molecule has 9 heteroatoms. The lowest BCUT2D eigenvalue weighted by atomic mass is 10.1. The van der Waals surface area contributed by atoms with Gasteiger partial charge in [-0.3, -0.25) is 9.36 Å². The highest BCUT2D eigenvalue weighted by Crippen LogP contribution is 2.38. The van der Waals surface area contributed by atoms with E-state index in [9.17, 15) is 14.3 Å². The first-order chi connectivity index (χ1) is 29.6. The number of hydrogen-bond donors (Lipinski definition) is 0. The zero-order valence-electron chi connectivity index (χ0n) is 39.3. The minimum absolute atomic E-state index is 0.0109. The second-order valence-corrected chi connectivity index (χ2v) is 17.8. The van der Waals surface area contributed by atoms with Gasteiger partial charge in [0.1, 0.15) is 19.3 Å². The van der Waals surface area contributed by atoms with Gasteiger partial charge in [0, 0.05) is 13.0 Å². The average Bonchev–Trinajstić information content (AvgIpc) is 3.22. The van der Waals surface area contributed by atoms with Crippen LogP contribution in [0, 0.1) is 0 Å². The van der Waals surface area contributed by atoms with Gasteiger partial charge in [-0.1, -0.05) is 162 Å². The molecule has 0 aliphatic rings. The Morgan fingerprint density at radius 3 is 1.34 bits per heavy atom. The summed E-state index contributed by atoms with van der Waals surface area (Å²) < 4.78 is 34.6. The first kappa shape index (κ1) is 58.2. The van der Waals surface area contributed by atoms with Crippen LogP contribution in [0.4, 0.5) is 0 Å². The van der Waals surface area contributed by atoms with Crippen LogP contribution >= 0.6 is 7.82 Å². The van der Waals surface area contributed by atoms with Gasteiger partial charge in [0.05, 0.1) is 34.4 Å². The topological polar surface area (TPSA) is 94.1 Å². The number of unbranched alkanes of at least 4 members (excludes halogenated alkanes) is 10. The van der Waals surface area contributed by atoms with Crippen molar-refractivity contribution in [2.24, 2.45) is 0 Å². The third kappa shape index (κ3) is 48.1. The predicted octanol–water partition coefficient (Wildman–Crippen LogP) is 13.8. The number of carbonyl (C=O) groups excluding carboxylic acids is 1. The summed E-state index contributed by atoms with van der Waals surface area (Å²) in [6.45, 7) is 5.08. The van der Waals surface area contributed by atoms with Gasteiger partial charge >= 0.3 is 5.97 Å².